The average Bonchev–Trinajstić information content (AvgIpc) is 3.20. The number of aromatic nitrogens is 2. The van der Waals surface area contributed by atoms with Crippen molar-refractivity contribution in [2.75, 3.05) is 6.61 Å². The molecule has 0 aliphatic rings. The van der Waals surface area contributed by atoms with E-state index in [2.05, 4.69) is 10.4 Å². The third-order valence-electron chi connectivity index (χ3n) is 4.04. The number of carbonyl (C=O) groups excluding carboxylic acids is 1. The van der Waals surface area contributed by atoms with Crippen molar-refractivity contribution in [3.8, 4) is 5.69 Å². The van der Waals surface area contributed by atoms with Crippen LogP contribution in [0.2, 0.25) is 0 Å². The number of aliphatic hydroxyl groups excluding tert-OH is 1. The summed E-state index contributed by atoms with van der Waals surface area (Å²) in [6.07, 6.45) is 4.86. The number of hydrogen-bond donors (Lipinski definition) is 2. The number of nitrogens with zero attached hydrogens (tertiary/aromatic N) is 2. The van der Waals surface area contributed by atoms with Gasteiger partial charge in [-0.1, -0.05) is 36.4 Å². The Morgan fingerprint density at radius 1 is 1.12 bits per heavy atom. The van der Waals surface area contributed by atoms with E-state index in [1.54, 1.807) is 16.9 Å². The maximum Gasteiger partial charge on any atom is 0.251 e. The van der Waals surface area contributed by atoms with Gasteiger partial charge in [0.1, 0.15) is 0 Å². The normalized spacial score (nSPS) is 11.9. The molecule has 1 atom stereocenters. The molecule has 0 aliphatic carbocycles. The third-order valence-corrected chi connectivity index (χ3v) is 4.04. The molecule has 3 aromatic rings. The lowest BCUT2D eigenvalue weighted by molar-refractivity contribution is 0.0932. The van der Waals surface area contributed by atoms with E-state index in [4.69, 9.17) is 5.11 Å². The van der Waals surface area contributed by atoms with Crippen LogP contribution in [0.1, 0.15) is 34.8 Å². The fourth-order valence-electron chi connectivity index (χ4n) is 2.76. The minimum absolute atomic E-state index is 0.105. The fourth-order valence-corrected chi connectivity index (χ4v) is 2.76. The number of nitrogens with one attached hydrogen (secondary N) is 1. The van der Waals surface area contributed by atoms with Crippen molar-refractivity contribution >= 4 is 5.91 Å². The van der Waals surface area contributed by atoms with Crippen molar-refractivity contribution in [3.63, 3.8) is 0 Å². The van der Waals surface area contributed by atoms with Gasteiger partial charge in [-0.25, -0.2) is 4.68 Å². The Bertz CT molecular complexity index is 801. The Hall–Kier alpha value is -2.92. The van der Waals surface area contributed by atoms with Crippen LogP contribution in [0.5, 0.6) is 0 Å². The number of benzene rings is 2. The van der Waals surface area contributed by atoms with E-state index in [-0.39, 0.29) is 18.6 Å². The first kappa shape index (κ1) is 16.9. The molecule has 25 heavy (non-hydrogen) atoms. The van der Waals surface area contributed by atoms with Crippen molar-refractivity contribution in [3.05, 3.63) is 84.2 Å². The van der Waals surface area contributed by atoms with E-state index >= 15 is 0 Å². The second-order valence-corrected chi connectivity index (χ2v) is 5.80. The van der Waals surface area contributed by atoms with E-state index in [0.717, 1.165) is 11.3 Å². The van der Waals surface area contributed by atoms with Crippen LogP contribution in [-0.4, -0.2) is 27.4 Å². The van der Waals surface area contributed by atoms with Gasteiger partial charge in [0.05, 0.1) is 11.7 Å². The van der Waals surface area contributed by atoms with Gasteiger partial charge in [0.25, 0.3) is 5.91 Å². The Labute approximate surface area is 146 Å². The quantitative estimate of drug-likeness (QED) is 0.697. The van der Waals surface area contributed by atoms with E-state index in [0.29, 0.717) is 18.4 Å². The molecular formula is C20H21N3O2. The van der Waals surface area contributed by atoms with Crippen LogP contribution in [0.15, 0.2) is 73.1 Å². The number of aliphatic hydroxyl groups is 1. The van der Waals surface area contributed by atoms with Gasteiger partial charge in [0.2, 0.25) is 0 Å². The molecular weight excluding hydrogens is 314 g/mol. The fraction of sp³-hybridized carbons (Fsp3) is 0.200. The molecule has 0 aliphatic heterocycles. The third kappa shape index (κ3) is 4.33. The predicted molar refractivity (Wildman–Crippen MR) is 96.5 cm³/mol. The molecule has 2 aromatic carbocycles. The first-order valence-electron chi connectivity index (χ1n) is 8.34. The highest BCUT2D eigenvalue weighted by Crippen LogP contribution is 2.19. The first-order chi connectivity index (χ1) is 12.3. The molecule has 1 aromatic heterocycles. The summed E-state index contributed by atoms with van der Waals surface area (Å²) in [6.45, 7) is 0.105. The molecule has 0 saturated heterocycles. The van der Waals surface area contributed by atoms with Crippen molar-refractivity contribution in [2.24, 2.45) is 0 Å². The van der Waals surface area contributed by atoms with Gasteiger partial charge in [0, 0.05) is 24.6 Å². The van der Waals surface area contributed by atoms with Gasteiger partial charge >= 0.3 is 0 Å². The first-order valence-corrected chi connectivity index (χ1v) is 8.34. The molecule has 1 heterocycles. The summed E-state index contributed by atoms with van der Waals surface area (Å²) in [5, 5.41) is 16.4. The number of carbonyl (C=O) groups is 1. The van der Waals surface area contributed by atoms with Gasteiger partial charge in [-0.3, -0.25) is 4.79 Å². The molecule has 0 bridgehead atoms. The Morgan fingerprint density at radius 3 is 2.68 bits per heavy atom. The van der Waals surface area contributed by atoms with Gasteiger partial charge in [0.15, 0.2) is 0 Å². The molecule has 128 valence electrons. The molecule has 0 spiro atoms. The zero-order valence-electron chi connectivity index (χ0n) is 13.9. The zero-order valence-corrected chi connectivity index (χ0v) is 13.9. The number of amides is 1. The van der Waals surface area contributed by atoms with E-state index in [9.17, 15) is 4.79 Å². The van der Waals surface area contributed by atoms with Crippen molar-refractivity contribution in [2.45, 2.75) is 18.9 Å². The van der Waals surface area contributed by atoms with Crippen LogP contribution in [-0.2, 0) is 0 Å². The highest BCUT2D eigenvalue weighted by Gasteiger charge is 2.16. The smallest absolute Gasteiger partial charge is 0.251 e. The molecule has 3 rings (SSSR count). The second-order valence-electron chi connectivity index (χ2n) is 5.80. The van der Waals surface area contributed by atoms with Gasteiger partial charge in [-0.2, -0.15) is 5.10 Å². The Morgan fingerprint density at radius 2 is 1.96 bits per heavy atom. The predicted octanol–water partition coefficient (Wildman–Crippen LogP) is 3.12. The SMILES string of the molecule is O=C(NC(CCCO)c1ccccc1)c1cccc(-n2cccn2)c1. The standard InChI is InChI=1S/C20H21N3O2/c24-14-5-11-19(16-7-2-1-3-8-16)22-20(25)17-9-4-10-18(15-17)23-13-6-12-21-23/h1-4,6-10,12-13,15,19,24H,5,11,14H2,(H,22,25). The summed E-state index contributed by atoms with van der Waals surface area (Å²) in [6, 6.07) is 18.9. The zero-order chi connectivity index (χ0) is 17.5. The topological polar surface area (TPSA) is 67.2 Å². The average molecular weight is 335 g/mol. The minimum atomic E-state index is -0.138. The van der Waals surface area contributed by atoms with Crippen LogP contribution in [0.3, 0.4) is 0 Å². The van der Waals surface area contributed by atoms with E-state index < -0.39 is 0 Å². The highest BCUT2D eigenvalue weighted by atomic mass is 16.3. The molecule has 1 amide bonds. The lowest BCUT2D eigenvalue weighted by Crippen LogP contribution is -2.28. The summed E-state index contributed by atoms with van der Waals surface area (Å²) in [7, 11) is 0. The van der Waals surface area contributed by atoms with Crippen LogP contribution < -0.4 is 5.32 Å². The van der Waals surface area contributed by atoms with Crippen LogP contribution in [0.4, 0.5) is 0 Å². The lowest BCUT2D eigenvalue weighted by Gasteiger charge is -2.19. The molecule has 0 saturated carbocycles. The summed E-state index contributed by atoms with van der Waals surface area (Å²) in [4.78, 5) is 12.7. The summed E-state index contributed by atoms with van der Waals surface area (Å²) >= 11 is 0. The van der Waals surface area contributed by atoms with E-state index in [1.807, 2.05) is 60.8 Å². The molecule has 2 N–H and O–H groups in total. The van der Waals surface area contributed by atoms with Gasteiger partial charge < -0.3 is 10.4 Å². The largest absolute Gasteiger partial charge is 0.396 e. The highest BCUT2D eigenvalue weighted by molar-refractivity contribution is 5.95. The van der Waals surface area contributed by atoms with Crippen molar-refractivity contribution in [1.82, 2.24) is 15.1 Å². The van der Waals surface area contributed by atoms with Crippen LogP contribution in [0, 0.1) is 0 Å². The number of rotatable bonds is 7. The van der Waals surface area contributed by atoms with E-state index in [1.165, 1.54) is 0 Å². The van der Waals surface area contributed by atoms with Gasteiger partial charge in [-0.05, 0) is 42.7 Å². The summed E-state index contributed by atoms with van der Waals surface area (Å²) < 4.78 is 1.72. The number of hydrogen-bond acceptors (Lipinski definition) is 3. The van der Waals surface area contributed by atoms with Crippen LogP contribution in [0.25, 0.3) is 5.69 Å². The second kappa shape index (κ2) is 8.26. The molecule has 5 heteroatoms. The summed E-state index contributed by atoms with van der Waals surface area (Å²) in [5.74, 6) is -0.138. The molecule has 1 unspecified atom stereocenters. The summed E-state index contributed by atoms with van der Waals surface area (Å²) in [5.41, 5.74) is 2.45. The lowest BCUT2D eigenvalue weighted by atomic mass is 10.0. The minimum Gasteiger partial charge on any atom is -0.396 e. The van der Waals surface area contributed by atoms with Crippen molar-refractivity contribution < 1.29 is 9.90 Å². The monoisotopic (exact) mass is 335 g/mol. The van der Waals surface area contributed by atoms with Gasteiger partial charge in [-0.15, -0.1) is 0 Å². The molecule has 5 nitrogen and oxygen atoms in total. The Kier molecular flexibility index (Phi) is 5.59. The maximum absolute atomic E-state index is 12.7. The molecule has 0 radical (unpaired) electrons. The van der Waals surface area contributed by atoms with Crippen LogP contribution >= 0.6 is 0 Å². The van der Waals surface area contributed by atoms with Crippen molar-refractivity contribution in [1.29, 1.82) is 0 Å². The maximum atomic E-state index is 12.7. The Balaban J connectivity index is 1.78. The molecule has 0 fully saturated rings.